The molecule has 1 amide bonds. The van der Waals surface area contributed by atoms with E-state index in [1.807, 2.05) is 6.07 Å². The average molecular weight is 294 g/mol. The molecule has 1 saturated heterocycles. The lowest BCUT2D eigenvalue weighted by atomic mass is 10.0. The number of nitrogens with zero attached hydrogens (tertiary/aromatic N) is 2. The molecule has 0 aromatic carbocycles. The molecule has 0 aliphatic carbocycles. The number of amides is 1. The van der Waals surface area contributed by atoms with Gasteiger partial charge in [-0.3, -0.25) is 14.5 Å². The van der Waals surface area contributed by atoms with Crippen molar-refractivity contribution in [3.8, 4) is 0 Å². The summed E-state index contributed by atoms with van der Waals surface area (Å²) in [6.07, 6.45) is 3.48. The smallest absolute Gasteiger partial charge is 0.303 e. The zero-order valence-electron chi connectivity index (χ0n) is 12.3. The minimum atomic E-state index is -0.747. The van der Waals surface area contributed by atoms with Gasteiger partial charge in [-0.1, -0.05) is 0 Å². The van der Waals surface area contributed by atoms with Crippen LogP contribution in [-0.2, 0) is 16.1 Å². The lowest BCUT2D eigenvalue weighted by Crippen LogP contribution is -2.37. The van der Waals surface area contributed by atoms with Gasteiger partial charge in [-0.25, -0.2) is 0 Å². The van der Waals surface area contributed by atoms with Gasteiger partial charge in [0.05, 0.1) is 19.4 Å². The number of likely N-dealkylation sites (tertiary alicyclic amines) is 1. The summed E-state index contributed by atoms with van der Waals surface area (Å²) in [6, 6.07) is 3.66. The second-order valence-corrected chi connectivity index (χ2v) is 5.65. The second-order valence-electron chi connectivity index (χ2n) is 5.65. The molecule has 21 heavy (non-hydrogen) atoms. The summed E-state index contributed by atoms with van der Waals surface area (Å²) < 4.78 is 5.23. The van der Waals surface area contributed by atoms with E-state index >= 15 is 0 Å². The van der Waals surface area contributed by atoms with Crippen LogP contribution in [0.15, 0.2) is 22.8 Å². The van der Waals surface area contributed by atoms with Crippen molar-refractivity contribution in [3.63, 3.8) is 0 Å². The first-order valence-electron chi connectivity index (χ1n) is 7.25. The van der Waals surface area contributed by atoms with Crippen molar-refractivity contribution in [3.05, 3.63) is 24.2 Å². The molecule has 0 saturated carbocycles. The summed E-state index contributed by atoms with van der Waals surface area (Å²) in [5.74, 6) is 0.476. The number of likely N-dealkylation sites (N-methyl/N-ethyl adjacent to an activating group) is 1. The van der Waals surface area contributed by atoms with E-state index in [4.69, 9.17) is 9.52 Å². The summed E-state index contributed by atoms with van der Waals surface area (Å²) in [7, 11) is 1.77. The highest BCUT2D eigenvalue weighted by Gasteiger charge is 2.25. The van der Waals surface area contributed by atoms with Gasteiger partial charge >= 0.3 is 5.97 Å². The highest BCUT2D eigenvalue weighted by Crippen LogP contribution is 2.20. The molecule has 6 heteroatoms. The van der Waals surface area contributed by atoms with Crippen LogP contribution in [0.2, 0.25) is 0 Å². The Morgan fingerprint density at radius 1 is 1.52 bits per heavy atom. The molecule has 1 unspecified atom stereocenters. The third kappa shape index (κ3) is 4.90. The minimum Gasteiger partial charge on any atom is -0.481 e. The summed E-state index contributed by atoms with van der Waals surface area (Å²) in [5.41, 5.74) is 0. The molecule has 1 aromatic heterocycles. The van der Waals surface area contributed by atoms with Crippen molar-refractivity contribution in [2.45, 2.75) is 25.8 Å². The van der Waals surface area contributed by atoms with E-state index < -0.39 is 5.97 Å². The third-order valence-corrected chi connectivity index (χ3v) is 3.89. The molecule has 2 heterocycles. The van der Waals surface area contributed by atoms with Crippen LogP contribution in [0.4, 0.5) is 0 Å². The number of furan rings is 1. The Morgan fingerprint density at radius 2 is 2.33 bits per heavy atom. The summed E-state index contributed by atoms with van der Waals surface area (Å²) >= 11 is 0. The Bertz CT molecular complexity index is 472. The summed E-state index contributed by atoms with van der Waals surface area (Å²) in [5, 5.41) is 8.70. The van der Waals surface area contributed by atoms with E-state index in [1.54, 1.807) is 24.3 Å². The first-order chi connectivity index (χ1) is 10.0. The quantitative estimate of drug-likeness (QED) is 0.823. The van der Waals surface area contributed by atoms with Crippen LogP contribution in [0.3, 0.4) is 0 Å². The van der Waals surface area contributed by atoms with Crippen molar-refractivity contribution in [2.75, 3.05) is 26.7 Å². The molecule has 1 aliphatic heterocycles. The second kappa shape index (κ2) is 7.26. The van der Waals surface area contributed by atoms with Crippen LogP contribution >= 0.6 is 0 Å². The van der Waals surface area contributed by atoms with E-state index in [2.05, 4.69) is 4.90 Å². The van der Waals surface area contributed by atoms with E-state index in [1.165, 1.54) is 0 Å². The Hall–Kier alpha value is -1.82. The van der Waals surface area contributed by atoms with E-state index in [-0.39, 0.29) is 12.3 Å². The third-order valence-electron chi connectivity index (χ3n) is 3.89. The molecular formula is C15H22N2O4. The van der Waals surface area contributed by atoms with Crippen molar-refractivity contribution in [1.82, 2.24) is 9.80 Å². The highest BCUT2D eigenvalue weighted by atomic mass is 16.4. The van der Waals surface area contributed by atoms with Crippen LogP contribution < -0.4 is 0 Å². The number of carbonyl (C=O) groups is 2. The Labute approximate surface area is 124 Å². The van der Waals surface area contributed by atoms with Crippen molar-refractivity contribution < 1.29 is 19.1 Å². The average Bonchev–Trinajstić information content (AvgIpc) is 3.08. The molecule has 6 nitrogen and oxygen atoms in total. The Morgan fingerprint density at radius 3 is 3.00 bits per heavy atom. The molecule has 1 aromatic rings. The number of hydrogen-bond donors (Lipinski definition) is 1. The standard InChI is InChI=1S/C15H22N2O4/c1-16(10-13-3-2-8-21-13)14(18)11-17-7-6-12(9-17)4-5-15(19)20/h2-3,8,12H,4-7,9-11H2,1H3,(H,19,20). The van der Waals surface area contributed by atoms with Gasteiger partial charge < -0.3 is 14.4 Å². The van der Waals surface area contributed by atoms with E-state index in [9.17, 15) is 9.59 Å². The van der Waals surface area contributed by atoms with Crippen molar-refractivity contribution in [1.29, 1.82) is 0 Å². The fourth-order valence-corrected chi connectivity index (χ4v) is 2.66. The molecule has 1 atom stereocenters. The lowest BCUT2D eigenvalue weighted by Gasteiger charge is -2.20. The maximum absolute atomic E-state index is 12.1. The number of carboxylic acids is 1. The maximum Gasteiger partial charge on any atom is 0.303 e. The predicted octanol–water partition coefficient (Wildman–Crippen LogP) is 1.42. The summed E-state index contributed by atoms with van der Waals surface area (Å²) in [6.45, 7) is 2.54. The first-order valence-corrected chi connectivity index (χ1v) is 7.25. The molecule has 0 radical (unpaired) electrons. The molecule has 116 valence electrons. The zero-order chi connectivity index (χ0) is 15.2. The molecule has 0 bridgehead atoms. The van der Waals surface area contributed by atoms with Gasteiger partial charge in [0.2, 0.25) is 5.91 Å². The number of rotatable bonds is 7. The normalized spacial score (nSPS) is 18.8. The number of carboxylic acid groups (broad SMARTS) is 1. The number of carbonyl (C=O) groups excluding carboxylic acids is 1. The largest absolute Gasteiger partial charge is 0.481 e. The molecule has 1 aliphatic rings. The predicted molar refractivity (Wildman–Crippen MR) is 76.6 cm³/mol. The Balaban J connectivity index is 1.72. The van der Waals surface area contributed by atoms with Crippen molar-refractivity contribution >= 4 is 11.9 Å². The fourth-order valence-electron chi connectivity index (χ4n) is 2.66. The topological polar surface area (TPSA) is 74.0 Å². The van der Waals surface area contributed by atoms with E-state index in [0.29, 0.717) is 25.4 Å². The monoisotopic (exact) mass is 294 g/mol. The maximum atomic E-state index is 12.1. The van der Waals surface area contributed by atoms with Gasteiger partial charge in [0.25, 0.3) is 0 Å². The summed E-state index contributed by atoms with van der Waals surface area (Å²) in [4.78, 5) is 26.5. The van der Waals surface area contributed by atoms with Gasteiger partial charge in [0, 0.05) is 20.0 Å². The molecule has 1 fully saturated rings. The van der Waals surface area contributed by atoms with Crippen molar-refractivity contribution in [2.24, 2.45) is 5.92 Å². The van der Waals surface area contributed by atoms with Crippen LogP contribution in [0, 0.1) is 5.92 Å². The Kier molecular flexibility index (Phi) is 5.38. The number of hydrogen-bond acceptors (Lipinski definition) is 4. The highest BCUT2D eigenvalue weighted by molar-refractivity contribution is 5.78. The first kappa shape index (κ1) is 15.6. The van der Waals surface area contributed by atoms with Gasteiger partial charge in [0.1, 0.15) is 5.76 Å². The minimum absolute atomic E-state index is 0.0604. The van der Waals surface area contributed by atoms with Crippen LogP contribution in [0.25, 0.3) is 0 Å². The van der Waals surface area contributed by atoms with Gasteiger partial charge in [-0.15, -0.1) is 0 Å². The molecule has 2 rings (SSSR count). The van der Waals surface area contributed by atoms with Gasteiger partial charge in [-0.05, 0) is 37.4 Å². The van der Waals surface area contributed by atoms with Crippen LogP contribution in [-0.4, -0.2) is 53.5 Å². The van der Waals surface area contributed by atoms with Gasteiger partial charge in [0.15, 0.2) is 0 Å². The molecular weight excluding hydrogens is 272 g/mol. The SMILES string of the molecule is CN(Cc1ccco1)C(=O)CN1CCC(CCC(=O)O)C1. The molecule has 1 N–H and O–H groups in total. The molecule has 0 spiro atoms. The zero-order valence-corrected chi connectivity index (χ0v) is 12.3. The lowest BCUT2D eigenvalue weighted by molar-refractivity contribution is -0.137. The van der Waals surface area contributed by atoms with E-state index in [0.717, 1.165) is 25.3 Å². The van der Waals surface area contributed by atoms with Crippen LogP contribution in [0.5, 0.6) is 0 Å². The number of aliphatic carboxylic acids is 1. The van der Waals surface area contributed by atoms with Crippen LogP contribution in [0.1, 0.15) is 25.0 Å². The van der Waals surface area contributed by atoms with Gasteiger partial charge in [-0.2, -0.15) is 0 Å². The fraction of sp³-hybridized carbons (Fsp3) is 0.600.